The van der Waals surface area contributed by atoms with Crippen LogP contribution in [-0.4, -0.2) is 37.6 Å². The van der Waals surface area contributed by atoms with Gasteiger partial charge in [0.05, 0.1) is 31.3 Å². The Hall–Kier alpha value is -2.83. The molecule has 0 aromatic heterocycles. The highest BCUT2D eigenvalue weighted by molar-refractivity contribution is 6.35. The molecule has 0 bridgehead atoms. The highest BCUT2D eigenvalue weighted by Gasteiger charge is 2.36. The van der Waals surface area contributed by atoms with Crippen molar-refractivity contribution >= 4 is 35.1 Å². The smallest absolute Gasteiger partial charge is 0.336 e. The Morgan fingerprint density at radius 1 is 0.968 bits per heavy atom. The molecule has 1 aliphatic heterocycles. The molecule has 0 atom stereocenters. The molecule has 31 heavy (non-hydrogen) atoms. The number of carbonyl (C=O) groups is 2. The van der Waals surface area contributed by atoms with Gasteiger partial charge in [-0.2, -0.15) is 0 Å². The molecular weight excluding hydrogens is 444 g/mol. The first-order chi connectivity index (χ1) is 14.8. The fourth-order valence-electron chi connectivity index (χ4n) is 3.40. The van der Waals surface area contributed by atoms with Crippen LogP contribution in [0.2, 0.25) is 10.0 Å². The molecule has 0 spiro atoms. The number of hydrogen-bond donors (Lipinski definition) is 0. The highest BCUT2D eigenvalue weighted by Crippen LogP contribution is 2.40. The van der Waals surface area contributed by atoms with Crippen LogP contribution >= 0.6 is 23.2 Å². The summed E-state index contributed by atoms with van der Waals surface area (Å²) in [6.07, 6.45) is 3.80. The third-order valence-electron chi connectivity index (χ3n) is 4.92. The van der Waals surface area contributed by atoms with Crippen molar-refractivity contribution in [1.82, 2.24) is 4.90 Å². The Balaban J connectivity index is 2.00. The van der Waals surface area contributed by atoms with Crippen molar-refractivity contribution < 1.29 is 23.5 Å². The van der Waals surface area contributed by atoms with E-state index in [1.165, 1.54) is 26.4 Å². The van der Waals surface area contributed by atoms with Gasteiger partial charge in [-0.3, -0.25) is 0 Å². The van der Waals surface area contributed by atoms with Crippen molar-refractivity contribution in [2.75, 3.05) is 20.8 Å². The first-order valence-electron chi connectivity index (χ1n) is 9.39. The quantitative estimate of drug-likeness (QED) is 0.570. The molecule has 0 saturated carbocycles. The lowest BCUT2D eigenvalue weighted by Gasteiger charge is -2.30. The van der Waals surface area contributed by atoms with Crippen molar-refractivity contribution in [3.05, 3.63) is 93.0 Å². The van der Waals surface area contributed by atoms with Crippen molar-refractivity contribution in [2.45, 2.75) is 12.3 Å². The molecule has 5 nitrogen and oxygen atoms in total. The van der Waals surface area contributed by atoms with Crippen molar-refractivity contribution in [3.8, 4) is 0 Å². The second-order valence-electron chi connectivity index (χ2n) is 6.87. The molecule has 2 aromatic carbocycles. The van der Waals surface area contributed by atoms with Gasteiger partial charge < -0.3 is 14.4 Å². The number of nitrogens with zero attached hydrogens (tertiary/aromatic N) is 1. The molecule has 1 heterocycles. The van der Waals surface area contributed by atoms with E-state index in [9.17, 15) is 14.0 Å². The summed E-state index contributed by atoms with van der Waals surface area (Å²) in [6.45, 7) is 0.438. The van der Waals surface area contributed by atoms with Crippen LogP contribution in [0.25, 0.3) is 0 Å². The van der Waals surface area contributed by atoms with E-state index in [0.717, 1.165) is 5.56 Å². The number of esters is 2. The lowest BCUT2D eigenvalue weighted by Crippen LogP contribution is -2.29. The van der Waals surface area contributed by atoms with E-state index in [-0.39, 0.29) is 17.0 Å². The predicted molar refractivity (Wildman–Crippen MR) is 116 cm³/mol. The van der Waals surface area contributed by atoms with Crippen molar-refractivity contribution in [3.63, 3.8) is 0 Å². The van der Waals surface area contributed by atoms with E-state index in [4.69, 9.17) is 32.7 Å². The molecule has 0 aliphatic carbocycles. The zero-order chi connectivity index (χ0) is 22.5. The standard InChI is InChI=1S/C23H20Cl2FNO4/c1-30-22(28)18-12-27(10-9-14-3-6-16(26)7-4-14)13-19(23(29)31-2)21(18)17-8-5-15(24)11-20(17)25/h3-8,11-13,21H,9-10H2,1-2H3. The molecular formula is C23H20Cl2FNO4. The van der Waals surface area contributed by atoms with E-state index >= 15 is 0 Å². The van der Waals surface area contributed by atoms with Crippen LogP contribution in [0.15, 0.2) is 66.0 Å². The Kier molecular flexibility index (Phi) is 7.36. The Morgan fingerprint density at radius 3 is 2.06 bits per heavy atom. The maximum absolute atomic E-state index is 13.2. The van der Waals surface area contributed by atoms with E-state index in [1.807, 2.05) is 0 Å². The SMILES string of the molecule is COC(=O)C1=CN(CCc2ccc(F)cc2)C=C(C(=O)OC)C1c1ccc(Cl)cc1Cl. The predicted octanol–water partition coefficient (Wildman–Crippen LogP) is 4.89. The second kappa shape index (κ2) is 9.98. The molecule has 3 rings (SSSR count). The molecule has 0 saturated heterocycles. The summed E-state index contributed by atoms with van der Waals surface area (Å²) in [4.78, 5) is 27.0. The topological polar surface area (TPSA) is 55.8 Å². The molecule has 0 N–H and O–H groups in total. The largest absolute Gasteiger partial charge is 0.466 e. The third kappa shape index (κ3) is 5.27. The van der Waals surface area contributed by atoms with Crippen LogP contribution in [0.5, 0.6) is 0 Å². The highest BCUT2D eigenvalue weighted by atomic mass is 35.5. The summed E-state index contributed by atoms with van der Waals surface area (Å²) in [7, 11) is 2.53. The van der Waals surface area contributed by atoms with Gasteiger partial charge in [0.25, 0.3) is 0 Å². The molecule has 0 fully saturated rings. The van der Waals surface area contributed by atoms with Crippen LogP contribution < -0.4 is 0 Å². The fourth-order valence-corrected chi connectivity index (χ4v) is 3.91. The summed E-state index contributed by atoms with van der Waals surface area (Å²) in [5, 5.41) is 0.736. The number of carbonyl (C=O) groups excluding carboxylic acids is 2. The summed E-state index contributed by atoms with van der Waals surface area (Å²) >= 11 is 12.4. The van der Waals surface area contributed by atoms with Gasteiger partial charge in [0.15, 0.2) is 0 Å². The molecule has 0 unspecified atom stereocenters. The Morgan fingerprint density at radius 2 is 1.55 bits per heavy atom. The molecule has 8 heteroatoms. The number of halogens is 3. The van der Waals surface area contributed by atoms with Gasteiger partial charge in [-0.1, -0.05) is 41.4 Å². The Labute approximate surface area is 189 Å². The van der Waals surface area contributed by atoms with Gasteiger partial charge in [-0.15, -0.1) is 0 Å². The summed E-state index contributed by atoms with van der Waals surface area (Å²) in [6, 6.07) is 11.0. The van der Waals surface area contributed by atoms with Crippen LogP contribution in [0.1, 0.15) is 17.0 Å². The van der Waals surface area contributed by atoms with E-state index in [0.29, 0.717) is 28.6 Å². The molecule has 162 valence electrons. The van der Waals surface area contributed by atoms with E-state index in [1.54, 1.807) is 47.6 Å². The van der Waals surface area contributed by atoms with Gasteiger partial charge in [-0.25, -0.2) is 14.0 Å². The summed E-state index contributed by atoms with van der Waals surface area (Å²) < 4.78 is 23.1. The zero-order valence-corrected chi connectivity index (χ0v) is 18.4. The molecule has 0 radical (unpaired) electrons. The summed E-state index contributed by atoms with van der Waals surface area (Å²) in [5.74, 6) is -2.30. The van der Waals surface area contributed by atoms with E-state index in [2.05, 4.69) is 0 Å². The molecule has 1 aliphatic rings. The number of rotatable bonds is 6. The number of ether oxygens (including phenoxy) is 2. The number of benzene rings is 2. The van der Waals surface area contributed by atoms with E-state index < -0.39 is 17.9 Å². The lowest BCUT2D eigenvalue weighted by molar-refractivity contribution is -0.137. The fraction of sp³-hybridized carbons (Fsp3) is 0.217. The minimum absolute atomic E-state index is 0.230. The monoisotopic (exact) mass is 463 g/mol. The zero-order valence-electron chi connectivity index (χ0n) is 16.9. The van der Waals surface area contributed by atoms with Crippen LogP contribution in [0.4, 0.5) is 4.39 Å². The van der Waals surface area contributed by atoms with Crippen molar-refractivity contribution in [1.29, 1.82) is 0 Å². The third-order valence-corrected chi connectivity index (χ3v) is 5.48. The van der Waals surface area contributed by atoms with Gasteiger partial charge in [-0.05, 0) is 41.8 Å². The summed E-state index contributed by atoms with van der Waals surface area (Å²) in [5.41, 5.74) is 1.89. The first kappa shape index (κ1) is 22.8. The minimum atomic E-state index is -0.785. The van der Waals surface area contributed by atoms with Gasteiger partial charge in [0, 0.05) is 29.0 Å². The average Bonchev–Trinajstić information content (AvgIpc) is 2.77. The minimum Gasteiger partial charge on any atom is -0.466 e. The second-order valence-corrected chi connectivity index (χ2v) is 7.71. The van der Waals surface area contributed by atoms with Gasteiger partial charge in [0.1, 0.15) is 5.82 Å². The van der Waals surface area contributed by atoms with Crippen LogP contribution in [-0.2, 0) is 25.5 Å². The van der Waals surface area contributed by atoms with Crippen LogP contribution in [0, 0.1) is 5.82 Å². The lowest BCUT2D eigenvalue weighted by atomic mass is 9.83. The normalized spacial score (nSPS) is 14.0. The number of methoxy groups -OCH3 is 2. The Bertz CT molecular complexity index is 1020. The van der Waals surface area contributed by atoms with Crippen LogP contribution in [0.3, 0.4) is 0 Å². The van der Waals surface area contributed by atoms with Gasteiger partial charge >= 0.3 is 11.9 Å². The molecule has 2 aromatic rings. The maximum atomic E-state index is 13.2. The molecule has 0 amide bonds. The first-order valence-corrected chi connectivity index (χ1v) is 10.1. The number of hydrogen-bond acceptors (Lipinski definition) is 5. The van der Waals surface area contributed by atoms with Gasteiger partial charge in [0.2, 0.25) is 0 Å². The van der Waals surface area contributed by atoms with Crippen molar-refractivity contribution in [2.24, 2.45) is 0 Å². The average molecular weight is 464 g/mol. The maximum Gasteiger partial charge on any atom is 0.336 e.